The van der Waals surface area contributed by atoms with Gasteiger partial charge in [-0.05, 0) is 49.7 Å². The topological polar surface area (TPSA) is 96.8 Å². The van der Waals surface area contributed by atoms with Crippen molar-refractivity contribution in [3.8, 4) is 5.82 Å². The molecule has 8 nitrogen and oxygen atoms in total. The number of anilines is 4. The number of amides is 1. The molecular weight excluding hydrogens is 532 g/mol. The Hall–Kier alpha value is -3.86. The van der Waals surface area contributed by atoms with Crippen molar-refractivity contribution in [3.05, 3.63) is 81.7 Å². The molecule has 4 rings (SSSR count). The first-order chi connectivity index (χ1) is 17.0. The minimum atomic E-state index is -3.07. The Bertz CT molecular complexity index is 1430. The van der Waals surface area contributed by atoms with Crippen molar-refractivity contribution < 1.29 is 13.6 Å². The first-order valence-electron chi connectivity index (χ1n) is 11.0. The summed E-state index contributed by atoms with van der Waals surface area (Å²) in [4.78, 5) is 21.3. The van der Waals surface area contributed by atoms with Crippen molar-refractivity contribution in [3.63, 3.8) is 0 Å². The summed E-state index contributed by atoms with van der Waals surface area (Å²) >= 11 is 3.21. The van der Waals surface area contributed by atoms with E-state index in [0.29, 0.717) is 27.6 Å². The molecule has 0 unspecified atom stereocenters. The van der Waals surface area contributed by atoms with Crippen LogP contribution in [0, 0.1) is 13.8 Å². The van der Waals surface area contributed by atoms with E-state index >= 15 is 0 Å². The van der Waals surface area contributed by atoms with Crippen LogP contribution < -0.4 is 16.0 Å². The fraction of sp³-hybridized carbons (Fsp3) is 0.200. The van der Waals surface area contributed by atoms with Gasteiger partial charge < -0.3 is 16.0 Å². The zero-order valence-corrected chi connectivity index (χ0v) is 21.6. The lowest BCUT2D eigenvalue weighted by Gasteiger charge is -2.15. The summed E-state index contributed by atoms with van der Waals surface area (Å²) in [6, 6.07) is 13.0. The van der Waals surface area contributed by atoms with Crippen molar-refractivity contribution in [1.29, 1.82) is 0 Å². The van der Waals surface area contributed by atoms with Crippen LogP contribution in [0.3, 0.4) is 0 Å². The summed E-state index contributed by atoms with van der Waals surface area (Å²) in [6.07, 6.45) is 1.45. The van der Waals surface area contributed by atoms with Crippen LogP contribution in [0.2, 0.25) is 0 Å². The van der Waals surface area contributed by atoms with E-state index in [1.54, 1.807) is 29.9 Å². The Balaban J connectivity index is 1.61. The van der Waals surface area contributed by atoms with Crippen LogP contribution in [-0.4, -0.2) is 32.7 Å². The van der Waals surface area contributed by atoms with Gasteiger partial charge in [-0.2, -0.15) is 9.78 Å². The van der Waals surface area contributed by atoms with E-state index in [1.165, 1.54) is 24.5 Å². The molecule has 0 aliphatic heterocycles. The summed E-state index contributed by atoms with van der Waals surface area (Å²) < 4.78 is 29.7. The lowest BCUT2D eigenvalue weighted by molar-refractivity contribution is 0.0174. The molecule has 36 heavy (non-hydrogen) atoms. The molecule has 0 radical (unpaired) electrons. The summed E-state index contributed by atoms with van der Waals surface area (Å²) in [6.45, 7) is 4.59. The predicted molar refractivity (Wildman–Crippen MR) is 140 cm³/mol. The number of nitrogens with one attached hydrogen (secondary N) is 3. The molecule has 0 aliphatic carbocycles. The van der Waals surface area contributed by atoms with E-state index in [0.717, 1.165) is 23.9 Å². The van der Waals surface area contributed by atoms with Crippen LogP contribution in [0.15, 0.2) is 59.3 Å². The number of benzene rings is 2. The highest BCUT2D eigenvalue weighted by Crippen LogP contribution is 2.31. The Kier molecular flexibility index (Phi) is 7.02. The number of carbonyl (C=O) groups excluding carboxylic acids is 1. The number of alkyl halides is 2. The second-order valence-corrected chi connectivity index (χ2v) is 9.24. The molecule has 0 saturated heterocycles. The molecule has 3 N–H and O–H groups in total. The van der Waals surface area contributed by atoms with E-state index in [1.807, 2.05) is 26.0 Å². The van der Waals surface area contributed by atoms with Crippen molar-refractivity contribution in [1.82, 2.24) is 19.7 Å². The van der Waals surface area contributed by atoms with Crippen molar-refractivity contribution in [2.24, 2.45) is 0 Å². The average molecular weight is 556 g/mol. The van der Waals surface area contributed by atoms with Gasteiger partial charge in [0.2, 0.25) is 0 Å². The van der Waals surface area contributed by atoms with E-state index in [4.69, 9.17) is 0 Å². The number of halogens is 3. The lowest BCUT2D eigenvalue weighted by atomic mass is 10.1. The van der Waals surface area contributed by atoms with Crippen molar-refractivity contribution in [2.45, 2.75) is 26.7 Å². The normalized spacial score (nSPS) is 11.3. The minimum Gasteiger partial charge on any atom is -0.373 e. The zero-order chi connectivity index (χ0) is 26.0. The van der Waals surface area contributed by atoms with E-state index < -0.39 is 11.8 Å². The number of hydrogen-bond donors (Lipinski definition) is 3. The number of nitrogens with zero attached hydrogens (tertiary/aromatic N) is 4. The fourth-order valence-corrected chi connectivity index (χ4v) is 4.01. The number of rotatable bonds is 7. The molecule has 0 atom stereocenters. The standard InChI is InChI=1S/C25H24BrF2N7O/c1-14-5-6-19(32-24(36)16-8-17(25(3,27)28)10-18(26)9-16)11-20(14)33-23-7-15(2)34-35(23)22-12-21(29-4)30-13-31-22/h5-13,33H,1-4H3,(H,32,36)(H,29,30,31). The smallest absolute Gasteiger partial charge is 0.270 e. The van der Waals surface area contributed by atoms with Gasteiger partial charge in [-0.15, -0.1) is 0 Å². The second-order valence-electron chi connectivity index (χ2n) is 8.32. The van der Waals surface area contributed by atoms with E-state index in [2.05, 4.69) is 46.9 Å². The van der Waals surface area contributed by atoms with E-state index in [-0.39, 0.29) is 11.1 Å². The van der Waals surface area contributed by atoms with Gasteiger partial charge in [0.05, 0.1) is 5.69 Å². The molecule has 0 aliphatic rings. The molecular formula is C25H24BrF2N7O. The molecule has 186 valence electrons. The SMILES string of the molecule is CNc1cc(-n2nc(C)cc2Nc2cc(NC(=O)c3cc(Br)cc(C(C)(F)F)c3)ccc2C)ncn1. The maximum atomic E-state index is 13.8. The third-order valence-electron chi connectivity index (χ3n) is 5.38. The highest BCUT2D eigenvalue weighted by molar-refractivity contribution is 9.10. The van der Waals surface area contributed by atoms with Crippen LogP contribution >= 0.6 is 15.9 Å². The number of aryl methyl sites for hydroxylation is 2. The quantitative estimate of drug-likeness (QED) is 0.251. The Morgan fingerprint density at radius 1 is 1.06 bits per heavy atom. The maximum absolute atomic E-state index is 13.8. The summed E-state index contributed by atoms with van der Waals surface area (Å²) in [5.74, 6) is -1.68. The first kappa shape index (κ1) is 25.2. The van der Waals surface area contributed by atoms with Crippen molar-refractivity contribution in [2.75, 3.05) is 23.0 Å². The molecule has 0 spiro atoms. The highest BCUT2D eigenvalue weighted by Gasteiger charge is 2.26. The Morgan fingerprint density at radius 3 is 2.56 bits per heavy atom. The van der Waals surface area contributed by atoms with Crippen LogP contribution in [0.1, 0.15) is 34.1 Å². The first-order valence-corrected chi connectivity index (χ1v) is 11.8. The number of carbonyl (C=O) groups is 1. The van der Waals surface area contributed by atoms with Crippen LogP contribution in [0.4, 0.5) is 31.8 Å². The molecule has 2 aromatic carbocycles. The Labute approximate surface area is 215 Å². The van der Waals surface area contributed by atoms with Crippen LogP contribution in [-0.2, 0) is 5.92 Å². The van der Waals surface area contributed by atoms with E-state index in [9.17, 15) is 13.6 Å². The molecule has 11 heteroatoms. The Morgan fingerprint density at radius 2 is 1.83 bits per heavy atom. The van der Waals surface area contributed by atoms with Gasteiger partial charge >= 0.3 is 0 Å². The third kappa shape index (κ3) is 5.68. The van der Waals surface area contributed by atoms with Crippen molar-refractivity contribution >= 4 is 44.8 Å². The summed E-state index contributed by atoms with van der Waals surface area (Å²) in [5, 5.41) is 13.6. The van der Waals surface area contributed by atoms with Gasteiger partial charge in [0.15, 0.2) is 5.82 Å². The van der Waals surface area contributed by atoms with Gasteiger partial charge in [-0.25, -0.2) is 18.7 Å². The number of hydrogen-bond acceptors (Lipinski definition) is 6. The molecule has 0 fully saturated rings. The molecule has 2 heterocycles. The third-order valence-corrected chi connectivity index (χ3v) is 5.84. The minimum absolute atomic E-state index is 0.119. The molecule has 0 saturated carbocycles. The maximum Gasteiger partial charge on any atom is 0.270 e. The molecule has 1 amide bonds. The van der Waals surface area contributed by atoms with Gasteiger partial charge in [-0.3, -0.25) is 4.79 Å². The number of aromatic nitrogens is 4. The summed E-state index contributed by atoms with van der Waals surface area (Å²) in [7, 11) is 1.77. The van der Waals surface area contributed by atoms with Crippen LogP contribution in [0.25, 0.3) is 5.82 Å². The van der Waals surface area contributed by atoms with Gasteiger partial charge in [0.25, 0.3) is 11.8 Å². The van der Waals surface area contributed by atoms with Gasteiger partial charge in [0, 0.05) is 53.1 Å². The van der Waals surface area contributed by atoms with Gasteiger partial charge in [0.1, 0.15) is 18.0 Å². The zero-order valence-electron chi connectivity index (χ0n) is 20.0. The molecule has 4 aromatic rings. The van der Waals surface area contributed by atoms with Gasteiger partial charge in [-0.1, -0.05) is 22.0 Å². The summed E-state index contributed by atoms with van der Waals surface area (Å²) in [5.41, 5.74) is 2.80. The average Bonchev–Trinajstić information content (AvgIpc) is 3.20. The largest absolute Gasteiger partial charge is 0.373 e. The van der Waals surface area contributed by atoms with Crippen LogP contribution in [0.5, 0.6) is 0 Å². The second kappa shape index (κ2) is 10.0. The lowest BCUT2D eigenvalue weighted by Crippen LogP contribution is -2.15. The monoisotopic (exact) mass is 555 g/mol. The predicted octanol–water partition coefficient (Wildman–Crippen LogP) is 6.19. The highest BCUT2D eigenvalue weighted by atomic mass is 79.9. The fourth-order valence-electron chi connectivity index (χ4n) is 3.51. The molecule has 2 aromatic heterocycles. The molecule has 0 bridgehead atoms.